The molecule has 0 aliphatic carbocycles. The molecule has 120 valence electrons. The van der Waals surface area contributed by atoms with Crippen molar-refractivity contribution in [1.82, 2.24) is 24.5 Å². The fraction of sp³-hybridized carbons (Fsp3) is 0.533. The van der Waals surface area contributed by atoms with Gasteiger partial charge in [-0.25, -0.2) is 0 Å². The van der Waals surface area contributed by atoms with Gasteiger partial charge in [-0.05, 0) is 27.7 Å². The average molecular weight is 324 g/mol. The highest BCUT2D eigenvalue weighted by atomic mass is 35.5. The van der Waals surface area contributed by atoms with E-state index in [4.69, 9.17) is 11.6 Å². The molecule has 2 heterocycles. The summed E-state index contributed by atoms with van der Waals surface area (Å²) in [6.07, 6.45) is 1.67. The van der Waals surface area contributed by atoms with Crippen LogP contribution in [0.4, 0.5) is 0 Å². The van der Waals surface area contributed by atoms with Crippen molar-refractivity contribution in [2.75, 3.05) is 7.05 Å². The molecule has 22 heavy (non-hydrogen) atoms. The molecule has 0 spiro atoms. The molecule has 0 aromatic carbocycles. The fourth-order valence-electron chi connectivity index (χ4n) is 2.46. The average Bonchev–Trinajstić information content (AvgIpc) is 3.00. The normalized spacial score (nSPS) is 11.0. The Morgan fingerprint density at radius 3 is 2.45 bits per heavy atom. The van der Waals surface area contributed by atoms with Gasteiger partial charge in [0.2, 0.25) is 0 Å². The number of carbonyl (C=O) groups excluding carboxylic acids is 1. The standard InChI is InChI=1S/C15H22ClN5O/c1-6-20-9-13(16)14(18-20)15(22)19(5)8-12-10(3)17-21(7-2)11(12)4/h9H,6-8H2,1-5H3. The number of hydrogen-bond acceptors (Lipinski definition) is 3. The molecule has 0 aliphatic heterocycles. The van der Waals surface area contributed by atoms with E-state index in [9.17, 15) is 4.79 Å². The highest BCUT2D eigenvalue weighted by Gasteiger charge is 2.21. The number of aromatic nitrogens is 4. The fourth-order valence-corrected chi connectivity index (χ4v) is 2.70. The predicted octanol–water partition coefficient (Wildman–Crippen LogP) is 2.66. The molecule has 2 aromatic heterocycles. The third kappa shape index (κ3) is 3.02. The summed E-state index contributed by atoms with van der Waals surface area (Å²) >= 11 is 6.11. The first-order valence-electron chi connectivity index (χ1n) is 7.40. The molecule has 2 rings (SSSR count). The Labute approximate surface area is 135 Å². The number of halogens is 1. The summed E-state index contributed by atoms with van der Waals surface area (Å²) in [4.78, 5) is 14.2. The van der Waals surface area contributed by atoms with Crippen molar-refractivity contribution in [1.29, 1.82) is 0 Å². The van der Waals surface area contributed by atoms with Gasteiger partial charge in [0, 0.05) is 44.1 Å². The smallest absolute Gasteiger partial charge is 0.275 e. The maximum Gasteiger partial charge on any atom is 0.275 e. The monoisotopic (exact) mass is 323 g/mol. The maximum absolute atomic E-state index is 12.5. The Morgan fingerprint density at radius 2 is 1.95 bits per heavy atom. The lowest BCUT2D eigenvalue weighted by atomic mass is 10.2. The molecule has 0 aliphatic rings. The molecule has 2 aromatic rings. The topological polar surface area (TPSA) is 56.0 Å². The molecule has 0 fully saturated rings. The van der Waals surface area contributed by atoms with Gasteiger partial charge in [-0.3, -0.25) is 14.2 Å². The van der Waals surface area contributed by atoms with Crippen molar-refractivity contribution in [2.24, 2.45) is 0 Å². The van der Waals surface area contributed by atoms with Gasteiger partial charge in [0.05, 0.1) is 10.7 Å². The molecule has 0 saturated carbocycles. The second-order valence-corrected chi connectivity index (χ2v) is 5.71. The van der Waals surface area contributed by atoms with E-state index in [1.807, 2.05) is 25.5 Å². The van der Waals surface area contributed by atoms with Gasteiger partial charge in [0.15, 0.2) is 5.69 Å². The third-order valence-corrected chi connectivity index (χ3v) is 4.09. The van der Waals surface area contributed by atoms with E-state index in [2.05, 4.69) is 17.1 Å². The molecule has 0 N–H and O–H groups in total. The SMILES string of the molecule is CCn1cc(Cl)c(C(=O)N(C)Cc2c(C)nn(CC)c2C)n1. The number of hydrogen-bond donors (Lipinski definition) is 0. The summed E-state index contributed by atoms with van der Waals surface area (Å²) in [5.74, 6) is -0.180. The predicted molar refractivity (Wildman–Crippen MR) is 86.1 cm³/mol. The van der Waals surface area contributed by atoms with Gasteiger partial charge in [0.1, 0.15) is 0 Å². The van der Waals surface area contributed by atoms with E-state index < -0.39 is 0 Å². The Morgan fingerprint density at radius 1 is 1.27 bits per heavy atom. The summed E-state index contributed by atoms with van der Waals surface area (Å²) in [5.41, 5.74) is 3.40. The molecule has 0 radical (unpaired) electrons. The van der Waals surface area contributed by atoms with Crippen molar-refractivity contribution in [3.05, 3.63) is 33.9 Å². The first-order chi connectivity index (χ1) is 10.4. The van der Waals surface area contributed by atoms with Gasteiger partial charge in [-0.1, -0.05) is 11.6 Å². The minimum absolute atomic E-state index is 0.180. The largest absolute Gasteiger partial charge is 0.336 e. The van der Waals surface area contributed by atoms with Gasteiger partial charge in [0.25, 0.3) is 5.91 Å². The summed E-state index contributed by atoms with van der Waals surface area (Å²) in [6.45, 7) is 9.98. The lowest BCUT2D eigenvalue weighted by Gasteiger charge is -2.16. The first kappa shape index (κ1) is 16.5. The van der Waals surface area contributed by atoms with Gasteiger partial charge in [-0.15, -0.1) is 0 Å². The molecule has 0 bridgehead atoms. The van der Waals surface area contributed by atoms with Crippen molar-refractivity contribution in [2.45, 2.75) is 47.3 Å². The Kier molecular flexibility index (Phi) is 4.90. The quantitative estimate of drug-likeness (QED) is 0.850. The van der Waals surface area contributed by atoms with E-state index >= 15 is 0 Å². The van der Waals surface area contributed by atoms with Gasteiger partial charge >= 0.3 is 0 Å². The van der Waals surface area contributed by atoms with Gasteiger partial charge < -0.3 is 4.90 Å². The number of rotatable bonds is 5. The molecule has 1 amide bonds. The molecular formula is C15H22ClN5O. The molecule has 6 nitrogen and oxygen atoms in total. The van der Waals surface area contributed by atoms with Crippen LogP contribution in [0.15, 0.2) is 6.20 Å². The van der Waals surface area contributed by atoms with E-state index in [1.54, 1.807) is 22.8 Å². The van der Waals surface area contributed by atoms with Crippen molar-refractivity contribution in [3.8, 4) is 0 Å². The number of aryl methyl sites for hydroxylation is 3. The van der Waals surface area contributed by atoms with E-state index in [1.165, 1.54) is 0 Å². The van der Waals surface area contributed by atoms with Crippen LogP contribution in [0, 0.1) is 13.8 Å². The number of amides is 1. The van der Waals surface area contributed by atoms with Crippen LogP contribution in [-0.4, -0.2) is 37.4 Å². The highest BCUT2D eigenvalue weighted by molar-refractivity contribution is 6.33. The maximum atomic E-state index is 12.5. The van der Waals surface area contributed by atoms with Crippen LogP contribution in [0.2, 0.25) is 5.02 Å². The summed E-state index contributed by atoms with van der Waals surface area (Å²) in [6, 6.07) is 0. The molecule has 7 heteroatoms. The lowest BCUT2D eigenvalue weighted by molar-refractivity contribution is 0.0778. The Bertz CT molecular complexity index is 688. The van der Waals surface area contributed by atoms with Crippen LogP contribution in [0.1, 0.15) is 41.3 Å². The molecule has 0 unspecified atom stereocenters. The van der Waals surface area contributed by atoms with E-state index in [-0.39, 0.29) is 5.91 Å². The van der Waals surface area contributed by atoms with Crippen molar-refractivity contribution < 1.29 is 4.79 Å². The first-order valence-corrected chi connectivity index (χ1v) is 7.78. The van der Waals surface area contributed by atoms with Crippen LogP contribution in [0.25, 0.3) is 0 Å². The van der Waals surface area contributed by atoms with Crippen LogP contribution >= 0.6 is 11.6 Å². The number of nitrogens with zero attached hydrogens (tertiary/aromatic N) is 5. The Balaban J connectivity index is 2.21. The second kappa shape index (κ2) is 6.52. The van der Waals surface area contributed by atoms with Crippen LogP contribution in [0.5, 0.6) is 0 Å². The second-order valence-electron chi connectivity index (χ2n) is 5.31. The number of carbonyl (C=O) groups is 1. The van der Waals surface area contributed by atoms with Gasteiger partial charge in [-0.2, -0.15) is 10.2 Å². The molecular weight excluding hydrogens is 302 g/mol. The highest BCUT2D eigenvalue weighted by Crippen LogP contribution is 2.19. The van der Waals surface area contributed by atoms with Crippen molar-refractivity contribution >= 4 is 17.5 Å². The summed E-state index contributed by atoms with van der Waals surface area (Å²) < 4.78 is 3.61. The lowest BCUT2D eigenvalue weighted by Crippen LogP contribution is -2.27. The zero-order valence-corrected chi connectivity index (χ0v) is 14.5. The minimum Gasteiger partial charge on any atom is -0.336 e. The van der Waals surface area contributed by atoms with E-state index in [0.717, 1.165) is 23.5 Å². The van der Waals surface area contributed by atoms with Crippen LogP contribution < -0.4 is 0 Å². The molecule has 0 atom stereocenters. The van der Waals surface area contributed by atoms with Crippen LogP contribution in [-0.2, 0) is 19.6 Å². The van der Waals surface area contributed by atoms with E-state index in [0.29, 0.717) is 23.8 Å². The minimum atomic E-state index is -0.180. The Hall–Kier alpha value is -1.82. The van der Waals surface area contributed by atoms with Crippen molar-refractivity contribution in [3.63, 3.8) is 0 Å². The zero-order chi connectivity index (χ0) is 16.4. The molecule has 0 saturated heterocycles. The summed E-state index contributed by atoms with van der Waals surface area (Å²) in [5, 5.41) is 9.10. The van der Waals surface area contributed by atoms with Crippen LogP contribution in [0.3, 0.4) is 0 Å². The zero-order valence-electron chi connectivity index (χ0n) is 13.7. The summed E-state index contributed by atoms with van der Waals surface area (Å²) in [7, 11) is 1.76. The third-order valence-electron chi connectivity index (χ3n) is 3.82.